The lowest BCUT2D eigenvalue weighted by Gasteiger charge is -2.40. The van der Waals surface area contributed by atoms with Gasteiger partial charge in [-0.15, -0.1) is 0 Å². The maximum atomic E-state index is 13.3. The van der Waals surface area contributed by atoms with Crippen LogP contribution in [0.2, 0.25) is 0 Å². The lowest BCUT2D eigenvalue weighted by molar-refractivity contribution is 0.138. The highest BCUT2D eigenvalue weighted by molar-refractivity contribution is 5.76. The van der Waals surface area contributed by atoms with E-state index in [0.717, 1.165) is 30.0 Å². The molecule has 0 aromatic carbocycles. The minimum Gasteiger partial charge on any atom is -0.383 e. The summed E-state index contributed by atoms with van der Waals surface area (Å²) in [5.41, 5.74) is 2.62. The summed E-state index contributed by atoms with van der Waals surface area (Å²) < 4.78 is 12.1. The molecule has 8 heteroatoms. The Morgan fingerprint density at radius 1 is 1.17 bits per heavy atom. The number of rotatable bonds is 4. The second-order valence-electron chi connectivity index (χ2n) is 9.82. The fourth-order valence-electron chi connectivity index (χ4n) is 5.58. The third-order valence-electron chi connectivity index (χ3n) is 6.81. The largest absolute Gasteiger partial charge is 0.383 e. The van der Waals surface area contributed by atoms with Crippen molar-refractivity contribution in [3.63, 3.8) is 0 Å². The Bertz CT molecular complexity index is 1240. The maximum absolute atomic E-state index is 13.3. The molecule has 4 rings (SSSR count). The fraction of sp³-hybridized carbons (Fsp3) is 0.682. The first-order valence-corrected chi connectivity index (χ1v) is 10.8. The normalized spacial score (nSPS) is 21.7. The maximum Gasteiger partial charge on any atom is 0.332 e. The van der Waals surface area contributed by atoms with Crippen LogP contribution in [0.4, 0.5) is 0 Å². The molecule has 1 saturated carbocycles. The van der Waals surface area contributed by atoms with E-state index in [0.29, 0.717) is 29.7 Å². The van der Waals surface area contributed by atoms with E-state index in [1.54, 1.807) is 14.2 Å². The second kappa shape index (κ2) is 7.11. The average Bonchev–Trinajstić information content (AvgIpc) is 3.14. The van der Waals surface area contributed by atoms with Crippen molar-refractivity contribution in [1.82, 2.24) is 23.1 Å². The van der Waals surface area contributed by atoms with Crippen LogP contribution in [0, 0.1) is 25.2 Å². The average molecular weight is 416 g/mol. The van der Waals surface area contributed by atoms with Crippen molar-refractivity contribution in [3.05, 3.63) is 32.2 Å². The van der Waals surface area contributed by atoms with Crippen molar-refractivity contribution in [1.29, 1.82) is 0 Å². The zero-order valence-electron chi connectivity index (χ0n) is 19.2. The van der Waals surface area contributed by atoms with Gasteiger partial charge in [-0.2, -0.15) is 4.98 Å². The van der Waals surface area contributed by atoms with Gasteiger partial charge in [0, 0.05) is 31.6 Å². The molecule has 0 saturated heterocycles. The number of hydrogen-bond acceptors (Lipinski definition) is 4. The molecule has 0 radical (unpaired) electrons. The van der Waals surface area contributed by atoms with Crippen LogP contribution in [0.1, 0.15) is 57.5 Å². The number of imidazole rings is 2. The van der Waals surface area contributed by atoms with Crippen molar-refractivity contribution in [3.8, 4) is 0 Å². The van der Waals surface area contributed by atoms with Crippen LogP contribution >= 0.6 is 0 Å². The van der Waals surface area contributed by atoms with Gasteiger partial charge in [-0.1, -0.05) is 20.8 Å². The molecule has 30 heavy (non-hydrogen) atoms. The Balaban J connectivity index is 2.02. The van der Waals surface area contributed by atoms with E-state index in [2.05, 4.69) is 32.3 Å². The van der Waals surface area contributed by atoms with Gasteiger partial charge < -0.3 is 9.30 Å². The zero-order chi connectivity index (χ0) is 22.0. The molecule has 0 amide bonds. The van der Waals surface area contributed by atoms with Crippen LogP contribution in [-0.2, 0) is 18.3 Å². The summed E-state index contributed by atoms with van der Waals surface area (Å²) >= 11 is 0. The number of ether oxygens (including phenoxy) is 1. The van der Waals surface area contributed by atoms with Crippen LogP contribution in [0.15, 0.2) is 9.59 Å². The van der Waals surface area contributed by atoms with Crippen LogP contribution in [0.3, 0.4) is 0 Å². The standard InChI is InChI=1S/C22H33N5O3/c1-13-10-16(12-22(4,5)11-13)26-14(2)15(3)27-17-18(23-20(26)27)24(6)21(29)25(19(17)28)8-9-30-7/h13,16H,8-12H2,1-7H3/t13-,16-/m0/s1. The molecule has 0 unspecified atom stereocenters. The van der Waals surface area contributed by atoms with Gasteiger partial charge in [-0.05, 0) is 44.4 Å². The predicted molar refractivity (Wildman–Crippen MR) is 117 cm³/mol. The number of aromatic nitrogens is 5. The van der Waals surface area contributed by atoms with Gasteiger partial charge in [0.05, 0.1) is 13.2 Å². The summed E-state index contributed by atoms with van der Waals surface area (Å²) in [5, 5.41) is 0. The van der Waals surface area contributed by atoms with Crippen molar-refractivity contribution in [2.24, 2.45) is 18.4 Å². The number of nitrogens with zero attached hydrogens (tertiary/aromatic N) is 5. The van der Waals surface area contributed by atoms with Crippen molar-refractivity contribution < 1.29 is 4.74 Å². The molecule has 3 aromatic heterocycles. The number of fused-ring (bicyclic) bond motifs is 3. The number of methoxy groups -OCH3 is 1. The summed E-state index contributed by atoms with van der Waals surface area (Å²) in [6.45, 7) is 11.6. The minimum atomic E-state index is -0.362. The first-order chi connectivity index (χ1) is 14.1. The van der Waals surface area contributed by atoms with Gasteiger partial charge in [0.2, 0.25) is 5.78 Å². The molecule has 3 heterocycles. The lowest BCUT2D eigenvalue weighted by Crippen LogP contribution is -2.40. The highest BCUT2D eigenvalue weighted by Gasteiger charge is 2.35. The third-order valence-corrected chi connectivity index (χ3v) is 6.81. The molecular weight excluding hydrogens is 382 g/mol. The van der Waals surface area contributed by atoms with Crippen LogP contribution in [-0.4, -0.2) is 36.8 Å². The Morgan fingerprint density at radius 2 is 1.87 bits per heavy atom. The molecule has 0 bridgehead atoms. The monoisotopic (exact) mass is 415 g/mol. The summed E-state index contributed by atoms with van der Waals surface area (Å²) in [4.78, 5) is 30.9. The summed E-state index contributed by atoms with van der Waals surface area (Å²) in [6, 6.07) is 0.324. The van der Waals surface area contributed by atoms with Crippen molar-refractivity contribution >= 4 is 16.9 Å². The number of hydrogen-bond donors (Lipinski definition) is 0. The van der Waals surface area contributed by atoms with Crippen LogP contribution in [0.5, 0.6) is 0 Å². The van der Waals surface area contributed by atoms with E-state index in [4.69, 9.17) is 9.72 Å². The molecule has 2 atom stereocenters. The molecule has 1 aliphatic carbocycles. The van der Waals surface area contributed by atoms with E-state index in [9.17, 15) is 9.59 Å². The van der Waals surface area contributed by atoms with Gasteiger partial charge in [-0.3, -0.25) is 18.3 Å². The zero-order valence-corrected chi connectivity index (χ0v) is 19.2. The quantitative estimate of drug-likeness (QED) is 0.657. The Kier molecular flexibility index (Phi) is 4.96. The van der Waals surface area contributed by atoms with Crippen molar-refractivity contribution in [2.45, 2.75) is 66.5 Å². The van der Waals surface area contributed by atoms with Crippen LogP contribution < -0.4 is 11.2 Å². The SMILES string of the molecule is COCCn1c(=O)c2c(nc3n([C@H]4C[C@H](C)CC(C)(C)C4)c(C)c(C)n23)n(C)c1=O. The molecule has 0 N–H and O–H groups in total. The van der Waals surface area contributed by atoms with Gasteiger partial charge in [0.1, 0.15) is 0 Å². The highest BCUT2D eigenvalue weighted by Crippen LogP contribution is 2.45. The van der Waals surface area contributed by atoms with Crippen LogP contribution in [0.25, 0.3) is 16.9 Å². The summed E-state index contributed by atoms with van der Waals surface area (Å²) in [7, 11) is 3.24. The molecular formula is C22H33N5O3. The van der Waals surface area contributed by atoms with E-state index < -0.39 is 0 Å². The molecule has 3 aromatic rings. The lowest BCUT2D eigenvalue weighted by atomic mass is 9.70. The van der Waals surface area contributed by atoms with E-state index in [1.165, 1.54) is 15.6 Å². The van der Waals surface area contributed by atoms with Gasteiger partial charge >= 0.3 is 5.69 Å². The first kappa shape index (κ1) is 20.9. The Morgan fingerprint density at radius 3 is 2.50 bits per heavy atom. The van der Waals surface area contributed by atoms with Crippen molar-refractivity contribution in [2.75, 3.05) is 13.7 Å². The second-order valence-corrected chi connectivity index (χ2v) is 9.82. The minimum absolute atomic E-state index is 0.220. The van der Waals surface area contributed by atoms with E-state index in [1.807, 2.05) is 11.3 Å². The predicted octanol–water partition coefficient (Wildman–Crippen LogP) is 2.80. The molecule has 1 aliphatic rings. The molecule has 164 valence electrons. The van der Waals surface area contributed by atoms with E-state index >= 15 is 0 Å². The molecule has 0 spiro atoms. The smallest absolute Gasteiger partial charge is 0.332 e. The molecule has 1 fully saturated rings. The third kappa shape index (κ3) is 3.04. The topological polar surface area (TPSA) is 75.5 Å². The van der Waals surface area contributed by atoms with Gasteiger partial charge in [0.15, 0.2) is 11.2 Å². The highest BCUT2D eigenvalue weighted by atomic mass is 16.5. The van der Waals surface area contributed by atoms with Gasteiger partial charge in [0.25, 0.3) is 5.56 Å². The molecule has 0 aliphatic heterocycles. The summed E-state index contributed by atoms with van der Waals surface area (Å²) in [5.74, 6) is 1.38. The number of aryl methyl sites for hydroxylation is 2. The van der Waals surface area contributed by atoms with E-state index in [-0.39, 0.29) is 23.2 Å². The Hall–Kier alpha value is -2.35. The molecule has 8 nitrogen and oxygen atoms in total. The summed E-state index contributed by atoms with van der Waals surface area (Å²) in [6.07, 6.45) is 3.38. The van der Waals surface area contributed by atoms with Gasteiger partial charge in [-0.25, -0.2) is 4.79 Å². The first-order valence-electron chi connectivity index (χ1n) is 10.8. The fourth-order valence-corrected chi connectivity index (χ4v) is 5.58. The Labute approximate surface area is 176 Å².